The highest BCUT2D eigenvalue weighted by Gasteiger charge is 2.06. The zero-order chi connectivity index (χ0) is 25.5. The molecule has 0 fully saturated rings. The Morgan fingerprint density at radius 1 is 0.686 bits per heavy atom. The van der Waals surface area contributed by atoms with Crippen molar-refractivity contribution in [2.45, 2.75) is 32.1 Å². The van der Waals surface area contributed by atoms with E-state index in [1.165, 1.54) is 12.4 Å². The zero-order valence-corrected chi connectivity index (χ0v) is 20.5. The number of hydrazone groups is 2. The number of nitrogens with zero attached hydrogens (tertiary/aromatic N) is 2. The number of benzene rings is 2. The summed E-state index contributed by atoms with van der Waals surface area (Å²) in [7, 11) is 6.26. The SMILES string of the molecule is COc1ccc(OC)c(/C=N/NC(=O)CCCCCC(=O)N/N=C/c2cc(OC)ccc2OC)c1. The molecule has 10 heteroatoms. The topological polar surface area (TPSA) is 120 Å². The Balaban J connectivity index is 1.66. The van der Waals surface area contributed by atoms with Crippen LogP contribution in [0.1, 0.15) is 43.2 Å². The van der Waals surface area contributed by atoms with Crippen LogP contribution in [-0.4, -0.2) is 52.7 Å². The molecule has 0 aromatic heterocycles. The maximum absolute atomic E-state index is 12.0. The zero-order valence-electron chi connectivity index (χ0n) is 20.5. The number of carbonyl (C=O) groups excluding carboxylic acids is 2. The molecule has 0 spiro atoms. The van der Waals surface area contributed by atoms with Gasteiger partial charge in [0.05, 0.1) is 40.9 Å². The predicted molar refractivity (Wildman–Crippen MR) is 134 cm³/mol. The lowest BCUT2D eigenvalue weighted by atomic mass is 10.1. The van der Waals surface area contributed by atoms with Crippen LogP contribution >= 0.6 is 0 Å². The van der Waals surface area contributed by atoms with Gasteiger partial charge in [-0.05, 0) is 49.2 Å². The van der Waals surface area contributed by atoms with Crippen molar-refractivity contribution in [1.29, 1.82) is 0 Å². The molecule has 0 heterocycles. The fourth-order valence-corrected chi connectivity index (χ4v) is 3.09. The Morgan fingerprint density at radius 2 is 1.11 bits per heavy atom. The third kappa shape index (κ3) is 9.36. The van der Waals surface area contributed by atoms with Crippen LogP contribution in [0.5, 0.6) is 23.0 Å². The molecule has 0 atom stereocenters. The fraction of sp³-hybridized carbons (Fsp3) is 0.360. The lowest BCUT2D eigenvalue weighted by molar-refractivity contribution is -0.121. The highest BCUT2D eigenvalue weighted by molar-refractivity contribution is 5.86. The van der Waals surface area contributed by atoms with Crippen molar-refractivity contribution >= 4 is 24.2 Å². The van der Waals surface area contributed by atoms with Gasteiger partial charge in [0.2, 0.25) is 11.8 Å². The molecule has 0 aliphatic carbocycles. The van der Waals surface area contributed by atoms with Gasteiger partial charge in [0.25, 0.3) is 0 Å². The second-order valence-electron chi connectivity index (χ2n) is 7.36. The number of hydrogen-bond acceptors (Lipinski definition) is 8. The van der Waals surface area contributed by atoms with Crippen LogP contribution in [0.2, 0.25) is 0 Å². The molecular weight excluding hydrogens is 452 g/mol. The Hall–Kier alpha value is -4.08. The van der Waals surface area contributed by atoms with Crippen LogP contribution in [-0.2, 0) is 9.59 Å². The molecule has 2 aromatic rings. The quantitative estimate of drug-likeness (QED) is 0.241. The van der Waals surface area contributed by atoms with Gasteiger partial charge < -0.3 is 18.9 Å². The van der Waals surface area contributed by atoms with Gasteiger partial charge >= 0.3 is 0 Å². The van der Waals surface area contributed by atoms with Crippen LogP contribution in [0.4, 0.5) is 0 Å². The Kier molecular flexibility index (Phi) is 11.6. The smallest absolute Gasteiger partial charge is 0.240 e. The fourth-order valence-electron chi connectivity index (χ4n) is 3.09. The molecule has 0 aliphatic rings. The van der Waals surface area contributed by atoms with E-state index < -0.39 is 0 Å². The summed E-state index contributed by atoms with van der Waals surface area (Å²) in [6.45, 7) is 0. The lowest BCUT2D eigenvalue weighted by Crippen LogP contribution is -2.18. The van der Waals surface area contributed by atoms with E-state index >= 15 is 0 Å². The van der Waals surface area contributed by atoms with E-state index in [9.17, 15) is 9.59 Å². The van der Waals surface area contributed by atoms with Gasteiger partial charge in [-0.1, -0.05) is 6.42 Å². The molecule has 2 aromatic carbocycles. The van der Waals surface area contributed by atoms with Crippen LogP contribution < -0.4 is 29.8 Å². The first-order chi connectivity index (χ1) is 17.0. The van der Waals surface area contributed by atoms with Gasteiger partial charge in [0.15, 0.2) is 0 Å². The molecule has 0 radical (unpaired) electrons. The Bertz CT molecular complexity index is 957. The molecule has 188 valence electrons. The molecule has 0 saturated carbocycles. The van der Waals surface area contributed by atoms with Gasteiger partial charge in [-0.2, -0.15) is 10.2 Å². The summed E-state index contributed by atoms with van der Waals surface area (Å²) in [5.74, 6) is 2.15. The van der Waals surface area contributed by atoms with Gasteiger partial charge in [0, 0.05) is 24.0 Å². The molecule has 10 nitrogen and oxygen atoms in total. The normalized spacial score (nSPS) is 10.9. The molecule has 2 amide bonds. The summed E-state index contributed by atoms with van der Waals surface area (Å²) in [6, 6.07) is 10.6. The van der Waals surface area contributed by atoms with E-state index in [-0.39, 0.29) is 11.8 Å². The molecule has 0 bridgehead atoms. The molecule has 2 N–H and O–H groups in total. The number of rotatable bonds is 14. The first-order valence-corrected chi connectivity index (χ1v) is 11.1. The van der Waals surface area contributed by atoms with Crippen LogP contribution in [0.3, 0.4) is 0 Å². The number of ether oxygens (including phenoxy) is 4. The molecular formula is C25H32N4O6. The molecule has 2 rings (SSSR count). The Morgan fingerprint density at radius 3 is 1.49 bits per heavy atom. The predicted octanol–water partition coefficient (Wildman–Crippen LogP) is 3.27. The van der Waals surface area contributed by atoms with E-state index in [4.69, 9.17) is 18.9 Å². The highest BCUT2D eigenvalue weighted by Crippen LogP contribution is 2.23. The van der Waals surface area contributed by atoms with Crippen LogP contribution in [0.25, 0.3) is 0 Å². The van der Waals surface area contributed by atoms with Crippen molar-refractivity contribution in [3.63, 3.8) is 0 Å². The molecule has 35 heavy (non-hydrogen) atoms. The van der Waals surface area contributed by atoms with E-state index in [1.807, 2.05) is 0 Å². The number of nitrogens with one attached hydrogen (secondary N) is 2. The van der Waals surface area contributed by atoms with Gasteiger partial charge in [-0.15, -0.1) is 0 Å². The highest BCUT2D eigenvalue weighted by atomic mass is 16.5. The summed E-state index contributed by atoms with van der Waals surface area (Å²) in [5.41, 5.74) is 6.37. The van der Waals surface area contributed by atoms with Crippen LogP contribution in [0, 0.1) is 0 Å². The second-order valence-corrected chi connectivity index (χ2v) is 7.36. The van der Waals surface area contributed by atoms with E-state index in [2.05, 4.69) is 21.1 Å². The summed E-state index contributed by atoms with van der Waals surface area (Å²) >= 11 is 0. The number of methoxy groups -OCH3 is 4. The summed E-state index contributed by atoms with van der Waals surface area (Å²) < 4.78 is 20.9. The molecule has 0 saturated heterocycles. The number of unbranched alkanes of at least 4 members (excludes halogenated alkanes) is 2. The van der Waals surface area contributed by atoms with Crippen molar-refractivity contribution in [2.24, 2.45) is 10.2 Å². The van der Waals surface area contributed by atoms with Crippen LogP contribution in [0.15, 0.2) is 46.6 Å². The van der Waals surface area contributed by atoms with E-state index in [0.717, 1.165) is 6.42 Å². The van der Waals surface area contributed by atoms with Crippen molar-refractivity contribution in [3.05, 3.63) is 47.5 Å². The summed E-state index contributed by atoms with van der Waals surface area (Å²) in [4.78, 5) is 24.0. The largest absolute Gasteiger partial charge is 0.497 e. The summed E-state index contributed by atoms with van der Waals surface area (Å²) in [6.07, 6.45) is 5.63. The van der Waals surface area contributed by atoms with Crippen molar-refractivity contribution in [1.82, 2.24) is 10.9 Å². The minimum Gasteiger partial charge on any atom is -0.497 e. The molecule has 0 aliphatic heterocycles. The third-order valence-corrected chi connectivity index (χ3v) is 4.97. The van der Waals surface area contributed by atoms with Gasteiger partial charge in [0.1, 0.15) is 23.0 Å². The standard InChI is InChI=1S/C25H32N4O6/c1-32-20-10-12-22(34-3)18(14-20)16-26-28-24(30)8-6-5-7-9-25(31)29-27-17-19-15-21(33-2)11-13-23(19)35-4/h10-17H,5-9H2,1-4H3,(H,28,30)(H,29,31)/b26-16+,27-17+. The minimum atomic E-state index is -0.204. The minimum absolute atomic E-state index is 0.204. The van der Waals surface area contributed by atoms with E-state index in [1.54, 1.807) is 64.8 Å². The maximum Gasteiger partial charge on any atom is 0.240 e. The average Bonchev–Trinajstić information content (AvgIpc) is 2.88. The maximum atomic E-state index is 12.0. The number of hydrogen-bond donors (Lipinski definition) is 2. The van der Waals surface area contributed by atoms with Crippen molar-refractivity contribution in [3.8, 4) is 23.0 Å². The van der Waals surface area contributed by atoms with Crippen molar-refractivity contribution in [2.75, 3.05) is 28.4 Å². The Labute approximate surface area is 205 Å². The molecule has 0 unspecified atom stereocenters. The number of amides is 2. The average molecular weight is 485 g/mol. The van der Waals surface area contributed by atoms with Gasteiger partial charge in [-0.25, -0.2) is 10.9 Å². The number of carbonyl (C=O) groups is 2. The third-order valence-electron chi connectivity index (χ3n) is 4.97. The van der Waals surface area contributed by atoms with E-state index in [0.29, 0.717) is 59.8 Å². The first-order valence-electron chi connectivity index (χ1n) is 11.1. The monoisotopic (exact) mass is 484 g/mol. The second kappa shape index (κ2) is 14.9. The first kappa shape index (κ1) is 27.2. The summed E-state index contributed by atoms with van der Waals surface area (Å²) in [5, 5.41) is 7.96. The van der Waals surface area contributed by atoms with Gasteiger partial charge in [-0.3, -0.25) is 9.59 Å². The lowest BCUT2D eigenvalue weighted by Gasteiger charge is -2.07. The van der Waals surface area contributed by atoms with Crippen molar-refractivity contribution < 1.29 is 28.5 Å².